The van der Waals surface area contributed by atoms with Crippen molar-refractivity contribution in [1.82, 2.24) is 4.90 Å². The lowest BCUT2D eigenvalue weighted by atomic mass is 10.2. The van der Waals surface area contributed by atoms with Gasteiger partial charge in [0.1, 0.15) is 5.75 Å². The number of hydrogen-bond donors (Lipinski definition) is 0. The van der Waals surface area contributed by atoms with Crippen LogP contribution in [0.25, 0.3) is 0 Å². The lowest BCUT2D eigenvalue weighted by molar-refractivity contribution is 0.0802. The molecule has 25 heavy (non-hydrogen) atoms. The highest BCUT2D eigenvalue weighted by molar-refractivity contribution is 7.92. The predicted molar refractivity (Wildman–Crippen MR) is 97.7 cm³/mol. The summed E-state index contributed by atoms with van der Waals surface area (Å²) in [5, 5.41) is 0. The van der Waals surface area contributed by atoms with E-state index in [1.807, 2.05) is 6.92 Å². The number of nitrogens with zero attached hydrogens (tertiary/aromatic N) is 2. The fourth-order valence-corrected chi connectivity index (χ4v) is 3.48. The van der Waals surface area contributed by atoms with Crippen LogP contribution >= 0.6 is 0 Å². The second kappa shape index (κ2) is 7.57. The van der Waals surface area contributed by atoms with Crippen LogP contribution in [-0.2, 0) is 10.0 Å². The molecule has 0 fully saturated rings. The summed E-state index contributed by atoms with van der Waals surface area (Å²) >= 11 is 0. The number of methoxy groups -OCH3 is 1. The minimum absolute atomic E-state index is 0.0705. The Kier molecular flexibility index (Phi) is 5.69. The van der Waals surface area contributed by atoms with Crippen LogP contribution in [0.15, 0.2) is 53.4 Å². The van der Waals surface area contributed by atoms with Crippen molar-refractivity contribution in [3.05, 3.63) is 54.1 Å². The Morgan fingerprint density at radius 1 is 1.08 bits per heavy atom. The van der Waals surface area contributed by atoms with Crippen LogP contribution in [-0.4, -0.2) is 47.0 Å². The molecule has 0 saturated carbocycles. The van der Waals surface area contributed by atoms with Crippen molar-refractivity contribution >= 4 is 21.6 Å². The monoisotopic (exact) mass is 362 g/mol. The molecule has 0 heterocycles. The van der Waals surface area contributed by atoms with Crippen LogP contribution in [0.3, 0.4) is 0 Å². The Balaban J connectivity index is 2.36. The fraction of sp³-hybridized carbons (Fsp3) is 0.278. The third-order valence-electron chi connectivity index (χ3n) is 4.00. The molecule has 0 radical (unpaired) electrons. The maximum atomic E-state index is 12.9. The van der Waals surface area contributed by atoms with Crippen molar-refractivity contribution in [2.45, 2.75) is 11.8 Å². The number of carbonyl (C=O) groups excluding carboxylic acids is 1. The van der Waals surface area contributed by atoms with Crippen molar-refractivity contribution in [1.29, 1.82) is 0 Å². The van der Waals surface area contributed by atoms with Gasteiger partial charge in [-0.05, 0) is 49.4 Å². The van der Waals surface area contributed by atoms with E-state index in [9.17, 15) is 13.2 Å². The molecular formula is C18H22N2O4S. The number of rotatable bonds is 6. The average molecular weight is 362 g/mol. The Bertz CT molecular complexity index is 848. The highest BCUT2D eigenvalue weighted by atomic mass is 32.2. The van der Waals surface area contributed by atoms with Gasteiger partial charge in [-0.25, -0.2) is 8.42 Å². The molecule has 0 unspecified atom stereocenters. The first-order valence-electron chi connectivity index (χ1n) is 7.79. The van der Waals surface area contributed by atoms with Crippen LogP contribution in [0.5, 0.6) is 5.75 Å². The van der Waals surface area contributed by atoms with Crippen molar-refractivity contribution in [2.24, 2.45) is 0 Å². The molecule has 0 spiro atoms. The number of ether oxygens (including phenoxy) is 1. The zero-order chi connectivity index (χ0) is 18.6. The molecule has 2 aromatic rings. The predicted octanol–water partition coefficient (Wildman–Crippen LogP) is 2.61. The van der Waals surface area contributed by atoms with Crippen LogP contribution < -0.4 is 9.04 Å². The van der Waals surface area contributed by atoms with Gasteiger partial charge in [0.25, 0.3) is 15.9 Å². The largest absolute Gasteiger partial charge is 0.497 e. The molecule has 0 saturated heterocycles. The van der Waals surface area contributed by atoms with Crippen molar-refractivity contribution in [3.8, 4) is 5.75 Å². The van der Waals surface area contributed by atoms with E-state index in [4.69, 9.17) is 4.74 Å². The van der Waals surface area contributed by atoms with Gasteiger partial charge < -0.3 is 9.64 Å². The molecule has 0 atom stereocenters. The number of hydrogen-bond acceptors (Lipinski definition) is 4. The molecule has 0 aliphatic heterocycles. The number of sulfonamides is 1. The van der Waals surface area contributed by atoms with E-state index in [0.29, 0.717) is 23.5 Å². The van der Waals surface area contributed by atoms with Gasteiger partial charge in [0.15, 0.2) is 0 Å². The second-order valence-corrected chi connectivity index (χ2v) is 7.49. The first-order valence-corrected chi connectivity index (χ1v) is 9.23. The van der Waals surface area contributed by atoms with Crippen molar-refractivity contribution < 1.29 is 17.9 Å². The van der Waals surface area contributed by atoms with Gasteiger partial charge in [-0.15, -0.1) is 0 Å². The number of carbonyl (C=O) groups is 1. The van der Waals surface area contributed by atoms with Gasteiger partial charge >= 0.3 is 0 Å². The summed E-state index contributed by atoms with van der Waals surface area (Å²) in [5.74, 6) is 0.427. The fourth-order valence-electron chi connectivity index (χ4n) is 2.24. The Morgan fingerprint density at radius 2 is 1.72 bits per heavy atom. The zero-order valence-corrected chi connectivity index (χ0v) is 15.6. The Hall–Kier alpha value is -2.54. The van der Waals surface area contributed by atoms with E-state index in [1.54, 1.807) is 50.6 Å². The molecule has 6 nitrogen and oxygen atoms in total. The molecule has 0 aromatic heterocycles. The third kappa shape index (κ3) is 3.93. The summed E-state index contributed by atoms with van der Waals surface area (Å²) in [4.78, 5) is 13.9. The summed E-state index contributed by atoms with van der Waals surface area (Å²) in [6.45, 7) is 2.40. The molecule has 0 bridgehead atoms. The van der Waals surface area contributed by atoms with Gasteiger partial charge in [-0.3, -0.25) is 9.10 Å². The summed E-state index contributed by atoms with van der Waals surface area (Å²) in [5.41, 5.74) is 0.844. The van der Waals surface area contributed by atoms with Gasteiger partial charge in [-0.1, -0.05) is 6.07 Å². The van der Waals surface area contributed by atoms with E-state index in [-0.39, 0.29) is 10.8 Å². The maximum Gasteiger partial charge on any atom is 0.264 e. The van der Waals surface area contributed by atoms with Crippen LogP contribution in [0.1, 0.15) is 17.3 Å². The smallest absolute Gasteiger partial charge is 0.264 e. The van der Waals surface area contributed by atoms with E-state index in [2.05, 4.69) is 0 Å². The molecule has 0 aliphatic rings. The molecule has 0 aliphatic carbocycles. The van der Waals surface area contributed by atoms with E-state index in [1.165, 1.54) is 28.4 Å². The molecule has 134 valence electrons. The molecule has 1 amide bonds. The van der Waals surface area contributed by atoms with Crippen LogP contribution in [0.2, 0.25) is 0 Å². The quantitative estimate of drug-likeness (QED) is 0.792. The lowest BCUT2D eigenvalue weighted by Crippen LogP contribution is -2.28. The second-order valence-electron chi connectivity index (χ2n) is 5.52. The Labute approximate surface area is 148 Å². The standard InChI is InChI=1S/C18H22N2O4S/c1-5-19(2)18(21)14-7-6-8-17(13-14)25(22,23)20(3)15-9-11-16(24-4)12-10-15/h6-13H,5H2,1-4H3. The van der Waals surface area contributed by atoms with Crippen LogP contribution in [0.4, 0.5) is 5.69 Å². The highest BCUT2D eigenvalue weighted by Gasteiger charge is 2.23. The zero-order valence-electron chi connectivity index (χ0n) is 14.8. The highest BCUT2D eigenvalue weighted by Crippen LogP contribution is 2.24. The topological polar surface area (TPSA) is 66.9 Å². The molecule has 0 N–H and O–H groups in total. The van der Waals surface area contributed by atoms with Gasteiger partial charge in [0, 0.05) is 26.2 Å². The lowest BCUT2D eigenvalue weighted by Gasteiger charge is -2.20. The molecule has 2 aromatic carbocycles. The minimum Gasteiger partial charge on any atom is -0.497 e. The number of amides is 1. The Morgan fingerprint density at radius 3 is 2.28 bits per heavy atom. The molecule has 2 rings (SSSR count). The first kappa shape index (κ1) is 18.8. The van der Waals surface area contributed by atoms with Gasteiger partial charge in [0.05, 0.1) is 17.7 Å². The molecular weight excluding hydrogens is 340 g/mol. The van der Waals surface area contributed by atoms with E-state index >= 15 is 0 Å². The summed E-state index contributed by atoms with van der Waals surface area (Å²) in [6.07, 6.45) is 0. The average Bonchev–Trinajstić information content (AvgIpc) is 2.66. The van der Waals surface area contributed by atoms with Gasteiger partial charge in [-0.2, -0.15) is 0 Å². The van der Waals surface area contributed by atoms with Crippen LogP contribution in [0, 0.1) is 0 Å². The maximum absolute atomic E-state index is 12.9. The number of benzene rings is 2. The summed E-state index contributed by atoms with van der Waals surface area (Å²) in [6, 6.07) is 12.8. The SMILES string of the molecule is CCN(C)C(=O)c1cccc(S(=O)(=O)N(C)c2ccc(OC)cc2)c1. The van der Waals surface area contributed by atoms with E-state index < -0.39 is 10.0 Å². The first-order chi connectivity index (χ1) is 11.8. The van der Waals surface area contributed by atoms with Crippen molar-refractivity contribution in [2.75, 3.05) is 32.1 Å². The minimum atomic E-state index is -3.78. The normalized spacial score (nSPS) is 11.0. The molecule has 7 heteroatoms. The summed E-state index contributed by atoms with van der Waals surface area (Å²) in [7, 11) is 0.918. The number of anilines is 1. The summed E-state index contributed by atoms with van der Waals surface area (Å²) < 4.78 is 32.0. The van der Waals surface area contributed by atoms with E-state index in [0.717, 1.165) is 0 Å². The van der Waals surface area contributed by atoms with Crippen molar-refractivity contribution in [3.63, 3.8) is 0 Å². The van der Waals surface area contributed by atoms with Gasteiger partial charge in [0.2, 0.25) is 0 Å². The third-order valence-corrected chi connectivity index (χ3v) is 5.78.